The monoisotopic (exact) mass is 303 g/mol. The fourth-order valence-corrected chi connectivity index (χ4v) is 3.05. The van der Waals surface area contributed by atoms with Crippen molar-refractivity contribution >= 4 is 33.4 Å². The van der Waals surface area contributed by atoms with E-state index in [2.05, 4.69) is 32.4 Å². The number of likely N-dealkylation sites (tertiary alicyclic amines) is 1. The maximum absolute atomic E-state index is 12.2. The SMILES string of the molecule is CCCc1nnsc1C(=O)N1CCC(Br)C1. The van der Waals surface area contributed by atoms with Crippen molar-refractivity contribution in [1.29, 1.82) is 0 Å². The van der Waals surface area contributed by atoms with Crippen molar-refractivity contribution in [1.82, 2.24) is 14.5 Å². The molecule has 0 N–H and O–H groups in total. The van der Waals surface area contributed by atoms with E-state index in [1.54, 1.807) is 0 Å². The Kier molecular flexibility index (Phi) is 3.91. The van der Waals surface area contributed by atoms with E-state index >= 15 is 0 Å². The molecule has 1 amide bonds. The maximum atomic E-state index is 12.2. The molecular formula is C10H14BrN3OS. The molecule has 6 heteroatoms. The van der Waals surface area contributed by atoms with Gasteiger partial charge >= 0.3 is 0 Å². The van der Waals surface area contributed by atoms with Crippen molar-refractivity contribution in [3.05, 3.63) is 10.6 Å². The van der Waals surface area contributed by atoms with Gasteiger partial charge in [0.25, 0.3) is 5.91 Å². The van der Waals surface area contributed by atoms with Crippen LogP contribution in [0.15, 0.2) is 0 Å². The molecule has 0 aliphatic carbocycles. The Bertz CT molecular complexity index is 382. The van der Waals surface area contributed by atoms with Gasteiger partial charge in [0.05, 0.1) is 5.69 Å². The van der Waals surface area contributed by atoms with Crippen LogP contribution < -0.4 is 0 Å². The van der Waals surface area contributed by atoms with Crippen molar-refractivity contribution in [2.45, 2.75) is 31.0 Å². The fourth-order valence-electron chi connectivity index (χ4n) is 1.82. The van der Waals surface area contributed by atoms with Crippen molar-refractivity contribution in [2.75, 3.05) is 13.1 Å². The van der Waals surface area contributed by atoms with Crippen LogP contribution in [0.5, 0.6) is 0 Å². The van der Waals surface area contributed by atoms with Gasteiger partial charge in [0, 0.05) is 17.9 Å². The van der Waals surface area contributed by atoms with Crippen molar-refractivity contribution in [3.8, 4) is 0 Å². The van der Waals surface area contributed by atoms with Crippen LogP contribution in [0.3, 0.4) is 0 Å². The lowest BCUT2D eigenvalue weighted by molar-refractivity contribution is 0.0797. The molecule has 4 nitrogen and oxygen atoms in total. The van der Waals surface area contributed by atoms with Gasteiger partial charge in [-0.05, 0) is 24.4 Å². The number of aryl methyl sites for hydroxylation is 1. The fraction of sp³-hybridized carbons (Fsp3) is 0.700. The number of alkyl halides is 1. The minimum Gasteiger partial charge on any atom is -0.337 e. The first-order valence-electron chi connectivity index (χ1n) is 5.47. The van der Waals surface area contributed by atoms with Gasteiger partial charge in [-0.15, -0.1) is 5.10 Å². The standard InChI is InChI=1S/C10H14BrN3OS/c1-2-3-8-9(16-13-12-8)10(15)14-5-4-7(11)6-14/h7H,2-6H2,1H3. The summed E-state index contributed by atoms with van der Waals surface area (Å²) in [5.41, 5.74) is 0.857. The number of nitrogens with zero attached hydrogens (tertiary/aromatic N) is 3. The summed E-state index contributed by atoms with van der Waals surface area (Å²) in [6, 6.07) is 0. The van der Waals surface area contributed by atoms with E-state index in [4.69, 9.17) is 0 Å². The zero-order valence-electron chi connectivity index (χ0n) is 9.15. The molecule has 0 saturated carbocycles. The summed E-state index contributed by atoms with van der Waals surface area (Å²) in [6.07, 6.45) is 2.86. The molecule has 2 rings (SSSR count). The van der Waals surface area contributed by atoms with Crippen molar-refractivity contribution < 1.29 is 4.79 Å². The van der Waals surface area contributed by atoms with Crippen LogP contribution in [-0.4, -0.2) is 38.3 Å². The highest BCUT2D eigenvalue weighted by Crippen LogP contribution is 2.21. The largest absolute Gasteiger partial charge is 0.337 e. The predicted octanol–water partition coefficient (Wildman–Crippen LogP) is 2.10. The van der Waals surface area contributed by atoms with E-state index in [1.807, 2.05) is 4.90 Å². The van der Waals surface area contributed by atoms with Crippen LogP contribution in [0, 0.1) is 0 Å². The van der Waals surface area contributed by atoms with Crippen molar-refractivity contribution in [2.24, 2.45) is 0 Å². The molecule has 0 aromatic carbocycles. The van der Waals surface area contributed by atoms with E-state index in [0.717, 1.165) is 42.9 Å². The zero-order chi connectivity index (χ0) is 11.5. The highest BCUT2D eigenvalue weighted by Gasteiger charge is 2.28. The van der Waals surface area contributed by atoms with Gasteiger partial charge in [-0.3, -0.25) is 4.79 Å². The van der Waals surface area contributed by atoms with E-state index in [1.165, 1.54) is 11.5 Å². The Hall–Kier alpha value is -0.490. The molecule has 1 aromatic rings. The molecule has 1 atom stereocenters. The Labute approximate surface area is 107 Å². The topological polar surface area (TPSA) is 46.1 Å². The van der Waals surface area contributed by atoms with Crippen LogP contribution in [0.4, 0.5) is 0 Å². The second-order valence-electron chi connectivity index (χ2n) is 3.94. The van der Waals surface area contributed by atoms with E-state index in [-0.39, 0.29) is 5.91 Å². The number of rotatable bonds is 3. The number of hydrogen-bond donors (Lipinski definition) is 0. The molecule has 1 aliphatic heterocycles. The molecule has 2 heterocycles. The first kappa shape index (κ1) is 12.0. The molecule has 1 fully saturated rings. The summed E-state index contributed by atoms with van der Waals surface area (Å²) in [4.78, 5) is 15.2. The minimum atomic E-state index is 0.0976. The third kappa shape index (κ3) is 2.43. The highest BCUT2D eigenvalue weighted by molar-refractivity contribution is 9.09. The van der Waals surface area contributed by atoms with Crippen molar-refractivity contribution in [3.63, 3.8) is 0 Å². The molecule has 16 heavy (non-hydrogen) atoms. The second-order valence-corrected chi connectivity index (χ2v) is 5.98. The smallest absolute Gasteiger partial charge is 0.267 e. The first-order chi connectivity index (χ1) is 7.72. The van der Waals surface area contributed by atoms with Gasteiger partial charge in [0.1, 0.15) is 4.88 Å². The summed E-state index contributed by atoms with van der Waals surface area (Å²) in [7, 11) is 0. The number of aromatic nitrogens is 2. The number of carbonyl (C=O) groups is 1. The summed E-state index contributed by atoms with van der Waals surface area (Å²) >= 11 is 4.76. The molecule has 0 spiro atoms. The average Bonchev–Trinajstić information content (AvgIpc) is 2.87. The Morgan fingerprint density at radius 1 is 1.69 bits per heavy atom. The molecule has 1 saturated heterocycles. The Balaban J connectivity index is 2.11. The Morgan fingerprint density at radius 3 is 3.12 bits per heavy atom. The van der Waals surface area contributed by atoms with Gasteiger partial charge in [-0.25, -0.2) is 0 Å². The van der Waals surface area contributed by atoms with Crippen LogP contribution in [0.2, 0.25) is 0 Å². The number of carbonyl (C=O) groups excluding carboxylic acids is 1. The summed E-state index contributed by atoms with van der Waals surface area (Å²) in [6.45, 7) is 3.71. The van der Waals surface area contributed by atoms with Gasteiger partial charge in [-0.2, -0.15) is 0 Å². The van der Waals surface area contributed by atoms with Crippen LogP contribution >= 0.6 is 27.5 Å². The number of hydrogen-bond acceptors (Lipinski definition) is 4. The van der Waals surface area contributed by atoms with Gasteiger partial charge < -0.3 is 4.90 Å². The second kappa shape index (κ2) is 5.23. The molecular weight excluding hydrogens is 290 g/mol. The minimum absolute atomic E-state index is 0.0976. The van der Waals surface area contributed by atoms with Gasteiger partial charge in [-0.1, -0.05) is 33.8 Å². The van der Waals surface area contributed by atoms with Crippen LogP contribution in [-0.2, 0) is 6.42 Å². The average molecular weight is 304 g/mol. The molecule has 0 radical (unpaired) electrons. The molecule has 1 unspecified atom stereocenters. The molecule has 1 aliphatic rings. The van der Waals surface area contributed by atoms with E-state index in [9.17, 15) is 4.79 Å². The third-order valence-corrected chi connectivity index (χ3v) is 4.16. The van der Waals surface area contributed by atoms with Crippen LogP contribution in [0.25, 0.3) is 0 Å². The quantitative estimate of drug-likeness (QED) is 0.803. The van der Waals surface area contributed by atoms with Gasteiger partial charge in [0.15, 0.2) is 0 Å². The molecule has 88 valence electrons. The normalized spacial score (nSPS) is 20.4. The summed E-state index contributed by atoms with van der Waals surface area (Å²) < 4.78 is 3.88. The van der Waals surface area contributed by atoms with Crippen LogP contribution in [0.1, 0.15) is 35.1 Å². The van der Waals surface area contributed by atoms with E-state index in [0.29, 0.717) is 4.83 Å². The first-order valence-corrected chi connectivity index (χ1v) is 7.15. The molecule has 0 bridgehead atoms. The summed E-state index contributed by atoms with van der Waals surface area (Å²) in [5, 5.41) is 4.03. The highest BCUT2D eigenvalue weighted by atomic mass is 79.9. The third-order valence-electron chi connectivity index (χ3n) is 2.65. The Morgan fingerprint density at radius 2 is 2.50 bits per heavy atom. The number of amides is 1. The van der Waals surface area contributed by atoms with E-state index < -0.39 is 0 Å². The lowest BCUT2D eigenvalue weighted by Crippen LogP contribution is -2.28. The predicted molar refractivity (Wildman–Crippen MR) is 67.1 cm³/mol. The lowest BCUT2D eigenvalue weighted by atomic mass is 10.2. The zero-order valence-corrected chi connectivity index (χ0v) is 11.6. The molecule has 1 aromatic heterocycles. The lowest BCUT2D eigenvalue weighted by Gasteiger charge is -2.14. The summed E-state index contributed by atoms with van der Waals surface area (Å²) in [5.74, 6) is 0.0976. The number of halogens is 1. The van der Waals surface area contributed by atoms with Gasteiger partial charge in [0.2, 0.25) is 0 Å². The maximum Gasteiger partial charge on any atom is 0.267 e.